The van der Waals surface area contributed by atoms with Gasteiger partial charge >= 0.3 is 0 Å². The lowest BCUT2D eigenvalue weighted by atomic mass is 10.2. The zero-order valence-electron chi connectivity index (χ0n) is 8.09. The quantitative estimate of drug-likeness (QED) is 0.227. The predicted molar refractivity (Wildman–Crippen MR) is 59.3 cm³/mol. The van der Waals surface area contributed by atoms with Crippen molar-refractivity contribution in [3.63, 3.8) is 0 Å². The van der Waals surface area contributed by atoms with E-state index in [2.05, 4.69) is 16.5 Å². The molecule has 0 amide bonds. The van der Waals surface area contributed by atoms with Gasteiger partial charge in [0.15, 0.2) is 0 Å². The van der Waals surface area contributed by atoms with Crippen molar-refractivity contribution in [2.75, 3.05) is 12.0 Å². The van der Waals surface area contributed by atoms with E-state index in [0.717, 1.165) is 6.42 Å². The Kier molecular flexibility index (Phi) is 7.18. The van der Waals surface area contributed by atoms with E-state index in [9.17, 15) is 17.2 Å². The summed E-state index contributed by atoms with van der Waals surface area (Å²) >= 11 is 4.69. The molecule has 0 aliphatic rings. The first-order chi connectivity index (χ1) is 6.81. The van der Waals surface area contributed by atoms with Gasteiger partial charge < -0.3 is 4.55 Å². The summed E-state index contributed by atoms with van der Waals surface area (Å²) in [7, 11) is -5.60. The highest BCUT2D eigenvalue weighted by atomic mass is 32.3. The number of nitrogens with one attached hydrogen (secondary N) is 1. The van der Waals surface area contributed by atoms with Crippen LogP contribution in [0.2, 0.25) is 0 Å². The van der Waals surface area contributed by atoms with Crippen molar-refractivity contribution in [1.82, 2.24) is 5.48 Å². The van der Waals surface area contributed by atoms with E-state index in [0.29, 0.717) is 18.6 Å². The van der Waals surface area contributed by atoms with Crippen molar-refractivity contribution < 1.29 is 21.5 Å². The summed E-state index contributed by atoms with van der Waals surface area (Å²) in [6.07, 6.45) is 3.37. The van der Waals surface area contributed by atoms with Crippen LogP contribution in [0.5, 0.6) is 0 Å². The van der Waals surface area contributed by atoms with Crippen molar-refractivity contribution in [3.05, 3.63) is 0 Å². The molecule has 0 fully saturated rings. The van der Waals surface area contributed by atoms with Crippen molar-refractivity contribution >= 4 is 38.4 Å². The van der Waals surface area contributed by atoms with Crippen molar-refractivity contribution in [1.29, 1.82) is 0 Å². The van der Waals surface area contributed by atoms with Gasteiger partial charge in [-0.25, -0.2) is 13.9 Å². The minimum atomic E-state index is -4.76. The Balaban J connectivity index is 3.55. The van der Waals surface area contributed by atoms with E-state index < -0.39 is 21.2 Å². The molecule has 0 aromatic heterocycles. The normalized spacial score (nSPS) is 13.5. The lowest BCUT2D eigenvalue weighted by Crippen LogP contribution is -2.25. The summed E-state index contributed by atoms with van der Waals surface area (Å²) in [6, 6.07) is 0. The van der Waals surface area contributed by atoms with Crippen molar-refractivity contribution in [2.45, 2.75) is 19.3 Å². The van der Waals surface area contributed by atoms with E-state index >= 15 is 0 Å². The Hall–Kier alpha value is -0.0900. The topological polar surface area (TPSA) is 95.5 Å². The van der Waals surface area contributed by atoms with E-state index in [1.54, 1.807) is 6.26 Å². The molecule has 0 aliphatic heterocycles. The highest BCUT2D eigenvalue weighted by molar-refractivity contribution is 7.84. The second kappa shape index (κ2) is 7.23. The fourth-order valence-corrected chi connectivity index (χ4v) is 1.79. The fraction of sp³-hybridized carbons (Fsp3) is 0.833. The van der Waals surface area contributed by atoms with Crippen LogP contribution in [-0.2, 0) is 25.5 Å². The number of rotatable bonds is 7. The summed E-state index contributed by atoms with van der Waals surface area (Å²) in [4.78, 5) is 0.135. The third kappa shape index (κ3) is 11.8. The van der Waals surface area contributed by atoms with Crippen LogP contribution in [0.4, 0.5) is 0 Å². The van der Waals surface area contributed by atoms with Gasteiger partial charge in [0.25, 0.3) is 0 Å². The minimum absolute atomic E-state index is 0.135. The molecule has 0 aromatic rings. The van der Waals surface area contributed by atoms with Gasteiger partial charge in [-0.05, 0) is 19.3 Å². The third-order valence-corrected chi connectivity index (χ3v) is 2.78. The molecule has 15 heavy (non-hydrogen) atoms. The standard InChI is InChI=1S/C6H13NO5S3/c1-14(8)5-3-2-4-6(13)7-12-15(9,10)11/h2-5H2,1H3,(H,7,13)(H,9,10,11)/p-1. The third-order valence-electron chi connectivity index (χ3n) is 1.34. The average Bonchev–Trinajstić information content (AvgIpc) is 2.07. The van der Waals surface area contributed by atoms with Gasteiger partial charge in [0.05, 0.1) is 0 Å². The van der Waals surface area contributed by atoms with E-state index in [1.807, 2.05) is 5.48 Å². The molecule has 9 heteroatoms. The number of hydrogen-bond donors (Lipinski definition) is 1. The molecule has 0 rings (SSSR count). The number of hydroxylamine groups is 1. The van der Waals surface area contributed by atoms with Gasteiger partial charge in [-0.1, -0.05) is 12.2 Å². The molecular weight excluding hydrogens is 262 g/mol. The number of hydrogen-bond acceptors (Lipinski definition) is 6. The maximum atomic E-state index is 10.7. The van der Waals surface area contributed by atoms with Gasteiger partial charge in [-0.2, -0.15) is 4.28 Å². The summed E-state index contributed by atoms with van der Waals surface area (Å²) < 4.78 is 44.4. The maximum absolute atomic E-state index is 10.7. The van der Waals surface area contributed by atoms with Crippen LogP contribution in [0.25, 0.3) is 0 Å². The molecule has 1 N–H and O–H groups in total. The molecule has 1 atom stereocenters. The van der Waals surface area contributed by atoms with Gasteiger partial charge in [0.2, 0.25) is 10.4 Å². The molecule has 0 heterocycles. The Bertz CT molecular complexity index is 326. The molecule has 0 aliphatic carbocycles. The first kappa shape index (κ1) is 14.9. The van der Waals surface area contributed by atoms with Crippen LogP contribution in [-0.4, -0.2) is 34.2 Å². The Labute approximate surface area is 96.8 Å². The predicted octanol–water partition coefficient (Wildman–Crippen LogP) is -0.156. The molecule has 0 spiro atoms. The van der Waals surface area contributed by atoms with Gasteiger partial charge in [0.1, 0.15) is 4.99 Å². The molecule has 0 radical (unpaired) electrons. The highest BCUT2D eigenvalue weighted by Crippen LogP contribution is 1.98. The Morgan fingerprint density at radius 1 is 1.53 bits per heavy atom. The molecule has 1 unspecified atom stereocenters. The van der Waals surface area contributed by atoms with Crippen LogP contribution in [0.15, 0.2) is 0 Å². The minimum Gasteiger partial charge on any atom is -0.724 e. The summed E-state index contributed by atoms with van der Waals surface area (Å²) in [5.74, 6) is 0.573. The Morgan fingerprint density at radius 2 is 2.13 bits per heavy atom. The zero-order chi connectivity index (χ0) is 11.9. The Morgan fingerprint density at radius 3 is 2.60 bits per heavy atom. The van der Waals surface area contributed by atoms with Crippen LogP contribution >= 0.6 is 12.2 Å². The summed E-state index contributed by atoms with van der Waals surface area (Å²) in [6.45, 7) is 0. The molecule has 0 saturated carbocycles. The second-order valence-electron chi connectivity index (χ2n) is 2.75. The molecule has 0 saturated heterocycles. The van der Waals surface area contributed by atoms with Crippen molar-refractivity contribution in [3.8, 4) is 0 Å². The molecule has 0 bridgehead atoms. The van der Waals surface area contributed by atoms with Crippen LogP contribution in [0.1, 0.15) is 19.3 Å². The molecular formula is C6H12NO5S3-. The van der Waals surface area contributed by atoms with Crippen LogP contribution < -0.4 is 5.48 Å². The van der Waals surface area contributed by atoms with Crippen LogP contribution in [0.3, 0.4) is 0 Å². The SMILES string of the molecule is CS(=O)CCCCC(=S)NOS(=O)(=O)[O-]. The zero-order valence-corrected chi connectivity index (χ0v) is 10.5. The van der Waals surface area contributed by atoms with Gasteiger partial charge in [-0.3, -0.25) is 4.21 Å². The number of unbranched alkanes of at least 4 members (excludes halogenated alkanes) is 1. The fourth-order valence-electron chi connectivity index (χ4n) is 0.739. The monoisotopic (exact) mass is 274 g/mol. The summed E-state index contributed by atoms with van der Waals surface area (Å²) in [5, 5.41) is 0. The van der Waals surface area contributed by atoms with Crippen molar-refractivity contribution in [2.24, 2.45) is 0 Å². The maximum Gasteiger partial charge on any atom is 0.238 e. The van der Waals surface area contributed by atoms with E-state index in [4.69, 9.17) is 0 Å². The summed E-state index contributed by atoms with van der Waals surface area (Å²) in [5.41, 5.74) is 1.87. The lowest BCUT2D eigenvalue weighted by molar-refractivity contribution is 0.221. The second-order valence-corrected chi connectivity index (χ2v) is 5.78. The first-order valence-corrected chi connectivity index (χ1v) is 7.51. The molecule has 6 nitrogen and oxygen atoms in total. The molecule has 0 aromatic carbocycles. The molecule has 90 valence electrons. The lowest BCUT2D eigenvalue weighted by Gasteiger charge is -2.09. The smallest absolute Gasteiger partial charge is 0.238 e. The van der Waals surface area contributed by atoms with E-state index in [-0.39, 0.29) is 4.99 Å². The van der Waals surface area contributed by atoms with E-state index in [1.165, 1.54) is 0 Å². The largest absolute Gasteiger partial charge is 0.724 e. The highest BCUT2D eigenvalue weighted by Gasteiger charge is 2.00. The number of thiocarbonyl (C=S) groups is 1. The van der Waals surface area contributed by atoms with Gasteiger partial charge in [-0.15, -0.1) is 0 Å². The average molecular weight is 274 g/mol. The van der Waals surface area contributed by atoms with Crippen LogP contribution in [0, 0.1) is 0 Å². The van der Waals surface area contributed by atoms with Gasteiger partial charge in [0, 0.05) is 22.8 Å². The first-order valence-electron chi connectivity index (χ1n) is 4.04.